The van der Waals surface area contributed by atoms with Crippen molar-refractivity contribution in [2.45, 2.75) is 18.9 Å². The summed E-state index contributed by atoms with van der Waals surface area (Å²) < 4.78 is 11.5. The summed E-state index contributed by atoms with van der Waals surface area (Å²) >= 11 is 0. The van der Waals surface area contributed by atoms with E-state index in [4.69, 9.17) is 9.47 Å². The van der Waals surface area contributed by atoms with Crippen LogP contribution in [0.15, 0.2) is 60.8 Å². The highest BCUT2D eigenvalue weighted by atomic mass is 16.5. The van der Waals surface area contributed by atoms with Crippen molar-refractivity contribution in [1.82, 2.24) is 9.88 Å². The van der Waals surface area contributed by atoms with Gasteiger partial charge in [-0.05, 0) is 49.2 Å². The maximum atomic E-state index is 12.9. The predicted octanol–water partition coefficient (Wildman–Crippen LogP) is 4.26. The first-order valence-electron chi connectivity index (χ1n) is 9.70. The Kier molecular flexibility index (Phi) is 5.77. The predicted molar refractivity (Wildman–Crippen MR) is 110 cm³/mol. The molecule has 28 heavy (non-hydrogen) atoms. The second-order valence-electron chi connectivity index (χ2n) is 6.95. The van der Waals surface area contributed by atoms with E-state index < -0.39 is 0 Å². The molecule has 1 saturated heterocycles. The Hall–Kier alpha value is -2.99. The number of carbonyl (C=O) groups is 1. The molecule has 6 heteroatoms. The molecule has 0 radical (unpaired) electrons. The van der Waals surface area contributed by atoms with E-state index in [1.165, 1.54) is 0 Å². The molecule has 2 amide bonds. The normalized spacial score (nSPS) is 16.2. The Labute approximate surface area is 164 Å². The van der Waals surface area contributed by atoms with Crippen LogP contribution in [0.1, 0.15) is 12.8 Å². The molecule has 0 bridgehead atoms. The average molecular weight is 379 g/mol. The minimum atomic E-state index is -0.137. The van der Waals surface area contributed by atoms with Gasteiger partial charge in [0.05, 0.1) is 12.6 Å². The number of rotatable bonds is 7. The minimum absolute atomic E-state index is 0.0922. The number of aromatic nitrogens is 1. The quantitative estimate of drug-likeness (QED) is 0.645. The van der Waals surface area contributed by atoms with Crippen LogP contribution in [0, 0.1) is 0 Å². The molecule has 2 aromatic carbocycles. The van der Waals surface area contributed by atoms with Gasteiger partial charge in [-0.3, -0.25) is 0 Å². The Bertz CT molecular complexity index is 904. The number of nitrogens with zero attached hydrogens (tertiary/aromatic N) is 1. The number of H-pyrrole nitrogens is 1. The van der Waals surface area contributed by atoms with Crippen LogP contribution in [-0.2, 0) is 4.74 Å². The van der Waals surface area contributed by atoms with Gasteiger partial charge in [-0.25, -0.2) is 4.79 Å². The zero-order valence-corrected chi connectivity index (χ0v) is 15.8. The number of carbonyl (C=O) groups excluding carboxylic acids is 1. The fourth-order valence-electron chi connectivity index (χ4n) is 3.43. The molecule has 0 saturated carbocycles. The lowest BCUT2D eigenvalue weighted by Gasteiger charge is -2.26. The number of para-hydroxylation sites is 1. The summed E-state index contributed by atoms with van der Waals surface area (Å²) in [6, 6.07) is 17.3. The Morgan fingerprint density at radius 2 is 2.11 bits per heavy atom. The van der Waals surface area contributed by atoms with Crippen molar-refractivity contribution in [2.75, 3.05) is 31.6 Å². The third-order valence-electron chi connectivity index (χ3n) is 4.91. The molecule has 146 valence electrons. The molecule has 1 aliphatic heterocycles. The maximum absolute atomic E-state index is 12.9. The van der Waals surface area contributed by atoms with Gasteiger partial charge in [-0.2, -0.15) is 0 Å². The van der Waals surface area contributed by atoms with Crippen molar-refractivity contribution in [3.63, 3.8) is 0 Å². The molecule has 1 fully saturated rings. The molecular formula is C22H25N3O3. The molecule has 2 N–H and O–H groups in total. The summed E-state index contributed by atoms with van der Waals surface area (Å²) in [5.74, 6) is 0.804. The summed E-state index contributed by atoms with van der Waals surface area (Å²) in [4.78, 5) is 17.8. The zero-order chi connectivity index (χ0) is 19.2. The van der Waals surface area contributed by atoms with Crippen molar-refractivity contribution in [2.24, 2.45) is 0 Å². The smallest absolute Gasteiger partial charge is 0.322 e. The van der Waals surface area contributed by atoms with Crippen LogP contribution in [0.3, 0.4) is 0 Å². The first-order chi connectivity index (χ1) is 13.8. The molecule has 1 aromatic heterocycles. The largest absolute Gasteiger partial charge is 0.492 e. The van der Waals surface area contributed by atoms with E-state index >= 15 is 0 Å². The summed E-state index contributed by atoms with van der Waals surface area (Å²) in [5, 5.41) is 4.07. The van der Waals surface area contributed by atoms with Crippen LogP contribution in [-0.4, -0.2) is 48.3 Å². The van der Waals surface area contributed by atoms with E-state index in [1.54, 1.807) is 4.90 Å². The standard InChI is InChI=1S/C22H25N3O3/c26-22(24-18-8-9-21-17(15-18)10-11-23-21)25(16-20-7-4-13-27-20)12-14-28-19-5-2-1-3-6-19/h1-3,5-6,8-11,15,20,23H,4,7,12-14,16H2,(H,24,26). The van der Waals surface area contributed by atoms with Crippen molar-refractivity contribution >= 4 is 22.6 Å². The fourth-order valence-corrected chi connectivity index (χ4v) is 3.43. The Morgan fingerprint density at radius 1 is 1.21 bits per heavy atom. The third-order valence-corrected chi connectivity index (χ3v) is 4.91. The fraction of sp³-hybridized carbons (Fsp3) is 0.318. The van der Waals surface area contributed by atoms with Crippen LogP contribution in [0.25, 0.3) is 10.9 Å². The van der Waals surface area contributed by atoms with Crippen LogP contribution < -0.4 is 10.1 Å². The minimum Gasteiger partial charge on any atom is -0.492 e. The zero-order valence-electron chi connectivity index (χ0n) is 15.8. The number of anilines is 1. The molecule has 1 aliphatic rings. The van der Waals surface area contributed by atoms with Crippen molar-refractivity contribution in [3.05, 3.63) is 60.8 Å². The van der Waals surface area contributed by atoms with Crippen molar-refractivity contribution < 1.29 is 14.3 Å². The Balaban J connectivity index is 1.39. The van der Waals surface area contributed by atoms with Gasteiger partial charge in [0.2, 0.25) is 0 Å². The molecule has 0 aliphatic carbocycles. The van der Waals surface area contributed by atoms with Gasteiger partial charge in [-0.1, -0.05) is 18.2 Å². The number of hydrogen-bond acceptors (Lipinski definition) is 3. The van der Waals surface area contributed by atoms with Crippen LogP contribution in [0.4, 0.5) is 10.5 Å². The lowest BCUT2D eigenvalue weighted by molar-refractivity contribution is 0.0799. The molecule has 1 atom stereocenters. The molecule has 4 rings (SSSR count). The summed E-state index contributed by atoms with van der Waals surface area (Å²) in [5.41, 5.74) is 1.82. The number of fused-ring (bicyclic) bond motifs is 1. The number of nitrogens with one attached hydrogen (secondary N) is 2. The number of hydrogen-bond donors (Lipinski definition) is 2. The van der Waals surface area contributed by atoms with E-state index in [-0.39, 0.29) is 12.1 Å². The SMILES string of the molecule is O=C(Nc1ccc2[nH]ccc2c1)N(CCOc1ccccc1)CC1CCCO1. The van der Waals surface area contributed by atoms with Crippen LogP contribution in [0.5, 0.6) is 5.75 Å². The van der Waals surface area contributed by atoms with Gasteiger partial charge in [0.1, 0.15) is 12.4 Å². The van der Waals surface area contributed by atoms with E-state index in [0.717, 1.165) is 41.8 Å². The number of benzene rings is 2. The molecular weight excluding hydrogens is 354 g/mol. The van der Waals surface area contributed by atoms with Gasteiger partial charge in [0.25, 0.3) is 0 Å². The average Bonchev–Trinajstić information content (AvgIpc) is 3.39. The maximum Gasteiger partial charge on any atom is 0.322 e. The monoisotopic (exact) mass is 379 g/mol. The highest BCUT2D eigenvalue weighted by Crippen LogP contribution is 2.19. The van der Waals surface area contributed by atoms with E-state index in [2.05, 4.69) is 10.3 Å². The van der Waals surface area contributed by atoms with Crippen molar-refractivity contribution in [3.8, 4) is 5.75 Å². The van der Waals surface area contributed by atoms with E-state index in [9.17, 15) is 4.79 Å². The highest BCUT2D eigenvalue weighted by molar-refractivity contribution is 5.92. The van der Waals surface area contributed by atoms with Gasteiger partial charge >= 0.3 is 6.03 Å². The lowest BCUT2D eigenvalue weighted by Crippen LogP contribution is -2.42. The first-order valence-corrected chi connectivity index (χ1v) is 9.70. The number of amides is 2. The van der Waals surface area contributed by atoms with E-state index in [0.29, 0.717) is 19.7 Å². The van der Waals surface area contributed by atoms with Gasteiger partial charge < -0.3 is 24.7 Å². The summed E-state index contributed by atoms with van der Waals surface area (Å²) in [7, 11) is 0. The van der Waals surface area contributed by atoms with Gasteiger partial charge in [0.15, 0.2) is 0 Å². The Morgan fingerprint density at radius 3 is 2.93 bits per heavy atom. The van der Waals surface area contributed by atoms with E-state index in [1.807, 2.05) is 60.8 Å². The number of aromatic amines is 1. The van der Waals surface area contributed by atoms with Crippen LogP contribution in [0.2, 0.25) is 0 Å². The molecule has 6 nitrogen and oxygen atoms in total. The summed E-state index contributed by atoms with van der Waals surface area (Å²) in [6.45, 7) is 2.26. The number of urea groups is 1. The molecule has 0 spiro atoms. The first kappa shape index (κ1) is 18.4. The molecule has 3 aromatic rings. The van der Waals surface area contributed by atoms with Crippen LogP contribution >= 0.6 is 0 Å². The molecule has 2 heterocycles. The topological polar surface area (TPSA) is 66.6 Å². The second-order valence-corrected chi connectivity index (χ2v) is 6.95. The second kappa shape index (κ2) is 8.80. The highest BCUT2D eigenvalue weighted by Gasteiger charge is 2.22. The third kappa shape index (κ3) is 4.64. The van der Waals surface area contributed by atoms with Gasteiger partial charge in [0, 0.05) is 35.9 Å². The molecule has 1 unspecified atom stereocenters. The van der Waals surface area contributed by atoms with Gasteiger partial charge in [-0.15, -0.1) is 0 Å². The summed E-state index contributed by atoms with van der Waals surface area (Å²) in [6.07, 6.45) is 4.01. The van der Waals surface area contributed by atoms with Crippen molar-refractivity contribution in [1.29, 1.82) is 0 Å². The lowest BCUT2D eigenvalue weighted by atomic mass is 10.2. The number of ether oxygens (including phenoxy) is 2.